The fourth-order valence-corrected chi connectivity index (χ4v) is 1.72. The molecule has 1 aliphatic rings. The molecule has 0 radical (unpaired) electrons. The third kappa shape index (κ3) is 3.38. The Balaban J connectivity index is 2.26. The van der Waals surface area contributed by atoms with Crippen molar-refractivity contribution in [2.24, 2.45) is 5.92 Å². The molecule has 1 fully saturated rings. The fourth-order valence-electron chi connectivity index (χ4n) is 1.72. The van der Waals surface area contributed by atoms with E-state index in [1.807, 2.05) is 0 Å². The second-order valence-corrected chi connectivity index (χ2v) is 3.58. The number of carbonyl (C=O) groups excluding carboxylic acids is 1. The van der Waals surface area contributed by atoms with Crippen molar-refractivity contribution in [2.45, 2.75) is 26.2 Å². The minimum atomic E-state index is -2.26. The molecule has 2 nitrogen and oxygen atoms in total. The minimum absolute atomic E-state index is 0.105. The van der Waals surface area contributed by atoms with Gasteiger partial charge >= 0.3 is 0 Å². The summed E-state index contributed by atoms with van der Waals surface area (Å²) in [5.74, 6) is 0.297. The highest BCUT2D eigenvalue weighted by Crippen LogP contribution is 2.18. The molecule has 0 unspecified atom stereocenters. The normalized spacial score (nSPS) is 20.9. The van der Waals surface area contributed by atoms with E-state index in [0.29, 0.717) is 13.1 Å². The highest BCUT2D eigenvalue weighted by atomic mass is 19.3. The first-order chi connectivity index (χ1) is 6.09. The van der Waals surface area contributed by atoms with Crippen LogP contribution < -0.4 is 0 Å². The molecule has 0 aromatic rings. The summed E-state index contributed by atoms with van der Waals surface area (Å²) in [6.45, 7) is 2.70. The van der Waals surface area contributed by atoms with Crippen LogP contribution in [0.25, 0.3) is 0 Å². The van der Waals surface area contributed by atoms with Crippen molar-refractivity contribution in [3.8, 4) is 0 Å². The van der Waals surface area contributed by atoms with Crippen molar-refractivity contribution in [1.82, 2.24) is 4.90 Å². The lowest BCUT2D eigenvalue weighted by Gasteiger charge is -2.30. The maximum Gasteiger partial charge on any atom is 0.251 e. The second-order valence-electron chi connectivity index (χ2n) is 3.58. The minimum Gasteiger partial charge on any atom is -0.300 e. The quantitative estimate of drug-likeness (QED) is 0.674. The Morgan fingerprint density at radius 1 is 1.46 bits per heavy atom. The molecule has 0 aromatic carbocycles. The third-order valence-electron chi connectivity index (χ3n) is 2.56. The first-order valence-corrected chi connectivity index (χ1v) is 4.60. The summed E-state index contributed by atoms with van der Waals surface area (Å²) >= 11 is 0. The Hall–Kier alpha value is -0.510. The lowest BCUT2D eigenvalue weighted by atomic mass is 9.93. The van der Waals surface area contributed by atoms with Gasteiger partial charge in [0.15, 0.2) is 0 Å². The topological polar surface area (TPSA) is 20.3 Å². The maximum atomic E-state index is 12.0. The van der Waals surface area contributed by atoms with Gasteiger partial charge < -0.3 is 0 Å². The molecule has 13 heavy (non-hydrogen) atoms. The van der Waals surface area contributed by atoms with Crippen LogP contribution in [0.5, 0.6) is 0 Å². The van der Waals surface area contributed by atoms with Crippen LogP contribution in [0.15, 0.2) is 0 Å². The van der Waals surface area contributed by atoms with E-state index in [-0.39, 0.29) is 18.2 Å². The summed E-state index contributed by atoms with van der Waals surface area (Å²) in [6, 6.07) is 0. The molecule has 76 valence electrons. The standard InChI is InChI=1S/C9H15F2NO/c1-7(13)8-2-4-12(5-3-8)6-9(10)11/h8-9H,2-6H2,1H3. The number of likely N-dealkylation sites (tertiary alicyclic amines) is 1. The van der Waals surface area contributed by atoms with E-state index < -0.39 is 6.43 Å². The number of ketones is 1. The monoisotopic (exact) mass is 191 g/mol. The van der Waals surface area contributed by atoms with Crippen LogP contribution in [0.2, 0.25) is 0 Å². The number of Topliss-reactive ketones (excluding diaryl/α,β-unsaturated/α-hetero) is 1. The number of alkyl halides is 2. The number of hydrogen-bond acceptors (Lipinski definition) is 2. The van der Waals surface area contributed by atoms with Crippen LogP contribution in [-0.2, 0) is 4.79 Å². The van der Waals surface area contributed by atoms with Crippen molar-refractivity contribution in [1.29, 1.82) is 0 Å². The predicted molar refractivity (Wildman–Crippen MR) is 45.8 cm³/mol. The molecular weight excluding hydrogens is 176 g/mol. The molecule has 1 rings (SSSR count). The molecule has 1 aliphatic heterocycles. The Labute approximate surface area is 76.9 Å². The van der Waals surface area contributed by atoms with Crippen molar-refractivity contribution in [3.63, 3.8) is 0 Å². The van der Waals surface area contributed by atoms with Crippen LogP contribution >= 0.6 is 0 Å². The molecule has 0 spiro atoms. The molecule has 0 bridgehead atoms. The number of halogens is 2. The van der Waals surface area contributed by atoms with Crippen LogP contribution in [0.3, 0.4) is 0 Å². The smallest absolute Gasteiger partial charge is 0.251 e. The maximum absolute atomic E-state index is 12.0. The second kappa shape index (κ2) is 4.65. The number of piperidine rings is 1. The van der Waals surface area contributed by atoms with E-state index in [4.69, 9.17) is 0 Å². The Kier molecular flexibility index (Phi) is 3.78. The van der Waals surface area contributed by atoms with Gasteiger partial charge in [-0.15, -0.1) is 0 Å². The average Bonchev–Trinajstić information content (AvgIpc) is 2.04. The molecule has 0 amide bonds. The van der Waals surface area contributed by atoms with Gasteiger partial charge in [0.25, 0.3) is 6.43 Å². The van der Waals surface area contributed by atoms with Gasteiger partial charge in [0.05, 0.1) is 6.54 Å². The van der Waals surface area contributed by atoms with E-state index >= 15 is 0 Å². The predicted octanol–water partition coefficient (Wildman–Crippen LogP) is 1.55. The molecule has 1 heterocycles. The first-order valence-electron chi connectivity index (χ1n) is 4.60. The molecular formula is C9H15F2NO. The van der Waals surface area contributed by atoms with E-state index in [1.165, 1.54) is 0 Å². The van der Waals surface area contributed by atoms with Crippen molar-refractivity contribution < 1.29 is 13.6 Å². The molecule has 4 heteroatoms. The zero-order valence-corrected chi connectivity index (χ0v) is 7.80. The molecule has 0 atom stereocenters. The summed E-state index contributed by atoms with van der Waals surface area (Å²) < 4.78 is 23.9. The summed E-state index contributed by atoms with van der Waals surface area (Å²) in [5, 5.41) is 0. The van der Waals surface area contributed by atoms with Gasteiger partial charge in [-0.05, 0) is 32.9 Å². The summed E-state index contributed by atoms with van der Waals surface area (Å²) in [4.78, 5) is 12.7. The van der Waals surface area contributed by atoms with E-state index in [0.717, 1.165) is 12.8 Å². The molecule has 0 aliphatic carbocycles. The zero-order valence-electron chi connectivity index (χ0n) is 7.80. The van der Waals surface area contributed by atoms with Gasteiger partial charge in [-0.2, -0.15) is 0 Å². The van der Waals surface area contributed by atoms with Gasteiger partial charge in [0, 0.05) is 5.92 Å². The third-order valence-corrected chi connectivity index (χ3v) is 2.56. The average molecular weight is 191 g/mol. The summed E-state index contributed by atoms with van der Waals surface area (Å²) in [6.07, 6.45) is -0.779. The van der Waals surface area contributed by atoms with Crippen molar-refractivity contribution >= 4 is 5.78 Å². The van der Waals surface area contributed by atoms with Crippen molar-refractivity contribution in [3.05, 3.63) is 0 Å². The number of carbonyl (C=O) groups is 1. The first kappa shape index (κ1) is 10.6. The molecule has 0 saturated carbocycles. The van der Waals surface area contributed by atoms with Gasteiger partial charge in [-0.25, -0.2) is 8.78 Å². The summed E-state index contributed by atoms with van der Waals surface area (Å²) in [5.41, 5.74) is 0. The lowest BCUT2D eigenvalue weighted by Crippen LogP contribution is -2.38. The Bertz CT molecular complexity index is 176. The molecule has 0 aromatic heterocycles. The molecule has 1 saturated heterocycles. The fraction of sp³-hybridized carbons (Fsp3) is 0.889. The number of nitrogens with zero attached hydrogens (tertiary/aromatic N) is 1. The number of hydrogen-bond donors (Lipinski definition) is 0. The highest BCUT2D eigenvalue weighted by Gasteiger charge is 2.23. The Morgan fingerprint density at radius 2 is 2.00 bits per heavy atom. The van der Waals surface area contributed by atoms with Crippen molar-refractivity contribution in [2.75, 3.05) is 19.6 Å². The summed E-state index contributed by atoms with van der Waals surface area (Å²) in [7, 11) is 0. The Morgan fingerprint density at radius 3 is 2.38 bits per heavy atom. The van der Waals surface area contributed by atoms with E-state index in [9.17, 15) is 13.6 Å². The van der Waals surface area contributed by atoms with Crippen LogP contribution in [-0.4, -0.2) is 36.7 Å². The van der Waals surface area contributed by atoms with Crippen LogP contribution in [0.1, 0.15) is 19.8 Å². The van der Waals surface area contributed by atoms with Crippen LogP contribution in [0, 0.1) is 5.92 Å². The van der Waals surface area contributed by atoms with Gasteiger partial charge in [-0.3, -0.25) is 9.69 Å². The van der Waals surface area contributed by atoms with E-state index in [2.05, 4.69) is 0 Å². The van der Waals surface area contributed by atoms with Gasteiger partial charge in [0.1, 0.15) is 5.78 Å². The largest absolute Gasteiger partial charge is 0.300 e. The van der Waals surface area contributed by atoms with Gasteiger partial charge in [0.2, 0.25) is 0 Å². The lowest BCUT2D eigenvalue weighted by molar-refractivity contribution is -0.122. The van der Waals surface area contributed by atoms with E-state index in [1.54, 1.807) is 11.8 Å². The zero-order chi connectivity index (χ0) is 9.84. The van der Waals surface area contributed by atoms with Crippen LogP contribution in [0.4, 0.5) is 8.78 Å². The number of rotatable bonds is 3. The SMILES string of the molecule is CC(=O)C1CCN(CC(F)F)CC1. The highest BCUT2D eigenvalue weighted by molar-refractivity contribution is 5.78. The molecule has 0 N–H and O–H groups in total. The van der Waals surface area contributed by atoms with Gasteiger partial charge in [-0.1, -0.05) is 0 Å².